The number of methoxy groups -OCH3 is 1. The SMILES string of the molecule is COc1ccc(C2NCC3CCCN3C2=O)cc1F. The first-order valence-electron chi connectivity index (χ1n) is 6.58. The van der Waals surface area contributed by atoms with Crippen LogP contribution in [0.4, 0.5) is 4.39 Å². The van der Waals surface area contributed by atoms with E-state index in [0.29, 0.717) is 11.6 Å². The predicted octanol–water partition coefficient (Wildman–Crippen LogP) is 1.47. The molecule has 5 heteroatoms. The first-order chi connectivity index (χ1) is 9.20. The van der Waals surface area contributed by atoms with Crippen molar-refractivity contribution in [3.05, 3.63) is 29.6 Å². The number of carbonyl (C=O) groups excluding carboxylic acids is 1. The molecule has 2 unspecified atom stereocenters. The summed E-state index contributed by atoms with van der Waals surface area (Å²) < 4.78 is 18.6. The maximum absolute atomic E-state index is 13.7. The molecule has 4 nitrogen and oxygen atoms in total. The smallest absolute Gasteiger partial charge is 0.244 e. The number of nitrogens with zero attached hydrogens (tertiary/aromatic N) is 1. The van der Waals surface area contributed by atoms with E-state index in [1.807, 2.05) is 4.90 Å². The minimum Gasteiger partial charge on any atom is -0.494 e. The molecule has 0 aromatic heterocycles. The lowest BCUT2D eigenvalue weighted by Crippen LogP contribution is -2.53. The van der Waals surface area contributed by atoms with Crippen LogP contribution in [0, 0.1) is 5.82 Å². The Labute approximate surface area is 111 Å². The van der Waals surface area contributed by atoms with Gasteiger partial charge in [-0.25, -0.2) is 4.39 Å². The number of piperazine rings is 1. The molecule has 2 aliphatic heterocycles. The van der Waals surface area contributed by atoms with Crippen LogP contribution in [0.15, 0.2) is 18.2 Å². The summed E-state index contributed by atoms with van der Waals surface area (Å²) in [4.78, 5) is 14.3. The summed E-state index contributed by atoms with van der Waals surface area (Å²) in [6.45, 7) is 1.60. The first-order valence-corrected chi connectivity index (χ1v) is 6.58. The van der Waals surface area contributed by atoms with Gasteiger partial charge in [-0.05, 0) is 30.5 Å². The van der Waals surface area contributed by atoms with Gasteiger partial charge in [-0.15, -0.1) is 0 Å². The molecule has 0 aliphatic carbocycles. The normalized spacial score (nSPS) is 26.4. The van der Waals surface area contributed by atoms with Crippen molar-refractivity contribution in [1.29, 1.82) is 0 Å². The van der Waals surface area contributed by atoms with Gasteiger partial charge in [0.1, 0.15) is 6.04 Å². The monoisotopic (exact) mass is 264 g/mol. The van der Waals surface area contributed by atoms with Crippen molar-refractivity contribution in [2.24, 2.45) is 0 Å². The molecular weight excluding hydrogens is 247 g/mol. The van der Waals surface area contributed by atoms with E-state index in [9.17, 15) is 9.18 Å². The van der Waals surface area contributed by atoms with E-state index in [4.69, 9.17) is 4.74 Å². The zero-order chi connectivity index (χ0) is 13.4. The summed E-state index contributed by atoms with van der Waals surface area (Å²) in [6.07, 6.45) is 2.12. The van der Waals surface area contributed by atoms with E-state index in [0.717, 1.165) is 25.9 Å². The van der Waals surface area contributed by atoms with Gasteiger partial charge in [0.25, 0.3) is 0 Å². The number of hydrogen-bond acceptors (Lipinski definition) is 3. The minimum atomic E-state index is -0.435. The van der Waals surface area contributed by atoms with Crippen LogP contribution in [0.3, 0.4) is 0 Å². The van der Waals surface area contributed by atoms with Crippen molar-refractivity contribution < 1.29 is 13.9 Å². The van der Waals surface area contributed by atoms with Gasteiger partial charge in [0.05, 0.1) is 7.11 Å². The molecule has 2 aliphatic rings. The molecule has 0 radical (unpaired) electrons. The Morgan fingerprint density at radius 2 is 2.32 bits per heavy atom. The van der Waals surface area contributed by atoms with Gasteiger partial charge >= 0.3 is 0 Å². The van der Waals surface area contributed by atoms with Crippen LogP contribution in [0.25, 0.3) is 0 Å². The highest BCUT2D eigenvalue weighted by atomic mass is 19.1. The summed E-state index contributed by atoms with van der Waals surface area (Å²) in [7, 11) is 1.43. The first kappa shape index (κ1) is 12.4. The molecular formula is C14H17FN2O2. The summed E-state index contributed by atoms with van der Waals surface area (Å²) in [5.41, 5.74) is 0.661. The van der Waals surface area contributed by atoms with Crippen molar-refractivity contribution in [3.63, 3.8) is 0 Å². The van der Waals surface area contributed by atoms with Crippen LogP contribution in [0.2, 0.25) is 0 Å². The quantitative estimate of drug-likeness (QED) is 0.879. The zero-order valence-corrected chi connectivity index (χ0v) is 10.9. The molecule has 2 saturated heterocycles. The van der Waals surface area contributed by atoms with Crippen LogP contribution in [0.1, 0.15) is 24.4 Å². The minimum absolute atomic E-state index is 0.0540. The lowest BCUT2D eigenvalue weighted by atomic mass is 10.0. The number of fused-ring (bicyclic) bond motifs is 1. The number of ether oxygens (including phenoxy) is 1. The number of hydrogen-bond donors (Lipinski definition) is 1. The second-order valence-corrected chi connectivity index (χ2v) is 5.06. The largest absolute Gasteiger partial charge is 0.494 e. The summed E-state index contributed by atoms with van der Waals surface area (Å²) in [5, 5.41) is 3.22. The zero-order valence-electron chi connectivity index (χ0n) is 10.9. The Kier molecular flexibility index (Phi) is 3.14. The fourth-order valence-corrected chi connectivity index (χ4v) is 2.97. The number of rotatable bonds is 2. The van der Waals surface area contributed by atoms with Crippen molar-refractivity contribution >= 4 is 5.91 Å². The highest BCUT2D eigenvalue weighted by Gasteiger charge is 2.38. The third kappa shape index (κ3) is 2.08. The van der Waals surface area contributed by atoms with Crippen molar-refractivity contribution in [2.75, 3.05) is 20.2 Å². The van der Waals surface area contributed by atoms with Gasteiger partial charge in [-0.3, -0.25) is 4.79 Å². The van der Waals surface area contributed by atoms with Crippen molar-refractivity contribution in [2.45, 2.75) is 24.9 Å². The Bertz CT molecular complexity index is 506. The molecule has 3 rings (SSSR count). The highest BCUT2D eigenvalue weighted by Crippen LogP contribution is 2.29. The molecule has 102 valence electrons. The Morgan fingerprint density at radius 3 is 3.05 bits per heavy atom. The molecule has 0 bridgehead atoms. The van der Waals surface area contributed by atoms with Crippen molar-refractivity contribution in [1.82, 2.24) is 10.2 Å². The van der Waals surface area contributed by atoms with E-state index in [1.54, 1.807) is 12.1 Å². The van der Waals surface area contributed by atoms with Gasteiger partial charge in [0, 0.05) is 19.1 Å². The molecule has 1 aromatic rings. The third-order valence-corrected chi connectivity index (χ3v) is 3.97. The average molecular weight is 264 g/mol. The molecule has 2 fully saturated rings. The maximum atomic E-state index is 13.7. The van der Waals surface area contributed by atoms with Crippen LogP contribution >= 0.6 is 0 Å². The second kappa shape index (κ2) is 4.81. The van der Waals surface area contributed by atoms with Gasteiger partial charge in [0.2, 0.25) is 5.91 Å². The molecule has 0 saturated carbocycles. The van der Waals surface area contributed by atoms with E-state index in [-0.39, 0.29) is 11.7 Å². The number of halogens is 1. The standard InChI is InChI=1S/C14H17FN2O2/c1-19-12-5-4-9(7-11(12)15)13-14(18)17-6-2-3-10(17)8-16-13/h4-5,7,10,13,16H,2-3,6,8H2,1H3. The Balaban J connectivity index is 1.86. The average Bonchev–Trinajstić information content (AvgIpc) is 2.88. The Hall–Kier alpha value is -1.62. The molecule has 1 N–H and O–H groups in total. The second-order valence-electron chi connectivity index (χ2n) is 5.06. The van der Waals surface area contributed by atoms with Crippen LogP contribution < -0.4 is 10.1 Å². The van der Waals surface area contributed by atoms with E-state index in [1.165, 1.54) is 13.2 Å². The molecule has 19 heavy (non-hydrogen) atoms. The van der Waals surface area contributed by atoms with Crippen LogP contribution in [-0.2, 0) is 4.79 Å². The molecule has 1 aromatic carbocycles. The number of carbonyl (C=O) groups is 1. The van der Waals surface area contributed by atoms with Gasteiger partial charge < -0.3 is 15.0 Å². The molecule has 0 spiro atoms. The van der Waals surface area contributed by atoms with Crippen LogP contribution in [0.5, 0.6) is 5.75 Å². The summed E-state index contributed by atoms with van der Waals surface area (Å²) >= 11 is 0. The lowest BCUT2D eigenvalue weighted by molar-refractivity contribution is -0.137. The molecule has 1 amide bonds. The molecule has 2 atom stereocenters. The maximum Gasteiger partial charge on any atom is 0.244 e. The summed E-state index contributed by atoms with van der Waals surface area (Å²) in [5.74, 6) is -0.178. The summed E-state index contributed by atoms with van der Waals surface area (Å²) in [6, 6.07) is 4.57. The van der Waals surface area contributed by atoms with E-state index in [2.05, 4.69) is 5.32 Å². The van der Waals surface area contributed by atoms with E-state index >= 15 is 0 Å². The number of amides is 1. The topological polar surface area (TPSA) is 41.6 Å². The fraction of sp³-hybridized carbons (Fsp3) is 0.500. The third-order valence-electron chi connectivity index (χ3n) is 3.97. The van der Waals surface area contributed by atoms with Gasteiger partial charge in [-0.1, -0.05) is 6.07 Å². The van der Waals surface area contributed by atoms with Crippen molar-refractivity contribution in [3.8, 4) is 5.75 Å². The van der Waals surface area contributed by atoms with E-state index < -0.39 is 11.9 Å². The van der Waals surface area contributed by atoms with Gasteiger partial charge in [0.15, 0.2) is 11.6 Å². The Morgan fingerprint density at radius 1 is 1.47 bits per heavy atom. The van der Waals surface area contributed by atoms with Gasteiger partial charge in [-0.2, -0.15) is 0 Å². The lowest BCUT2D eigenvalue weighted by Gasteiger charge is -2.35. The number of benzene rings is 1. The predicted molar refractivity (Wildman–Crippen MR) is 68.4 cm³/mol. The highest BCUT2D eigenvalue weighted by molar-refractivity contribution is 5.84. The molecule has 2 heterocycles. The van der Waals surface area contributed by atoms with Crippen LogP contribution in [-0.4, -0.2) is 37.0 Å². The number of nitrogens with one attached hydrogen (secondary N) is 1. The fourth-order valence-electron chi connectivity index (χ4n) is 2.97.